The summed E-state index contributed by atoms with van der Waals surface area (Å²) in [5.74, 6) is 2.50. The molecule has 0 fully saturated rings. The van der Waals surface area contributed by atoms with Crippen molar-refractivity contribution in [2.45, 2.75) is 84.4 Å². The standard InChI is InChI=1S/C13H12N2.C13H10N2.C13H10O.C11H8BNO5.C9H9BN2O5S.C3H4BClO2.C3H6BNO3.C3H5BO3.C3H6O3/c2*14-15-13(11-7-3-1-4-8-11)12-9-5-2-6-10-12;14-13(11-7-3-1-4-8-11)12-9-5-2-6-10-12;1-6(11(16)17-12)18-13-9(14)7-4-2-3-5-8(7)10(13)15;1-4(9(15)16-10)17-12-7(8(13)14)6-3-18-5(2)11-6;1-2(5)3(6)7-4;1-2(8-5)3(6)7-4;1-2(5)3(6)7-4;1-2(4)3(5)6/h1-10H,14H2;1-10H;1-10H;2-6H,1H3;3-4H,1-2H3,(H,13,14);2H,1H3;2H,5H2,1H3;2,5H,1H3;2,4H,1H3,(H,5,6)/b;;;;12-7-;;;;/t;;;6-;4-;;3*2-/m...00.000/s1. The maximum atomic E-state index is 11.9. The highest BCUT2D eigenvalue weighted by molar-refractivity contribution is 7.09. The zero-order valence-corrected chi connectivity index (χ0v) is 60.4. The molecule has 554 valence electrons. The molecule has 1 aliphatic heterocycles. The molecule has 1 unspecified atom stereocenters. The van der Waals surface area contributed by atoms with E-state index in [4.69, 9.17) is 53.1 Å². The number of thiazole rings is 1. The Morgan fingerprint density at radius 2 is 0.852 bits per heavy atom. The van der Waals surface area contributed by atoms with E-state index >= 15 is 0 Å². The lowest BCUT2D eigenvalue weighted by Crippen LogP contribution is -2.37. The average Bonchev–Trinajstić information content (AvgIpc) is 1.63. The van der Waals surface area contributed by atoms with E-state index in [1.54, 1.807) is 19.1 Å². The second-order valence-electron chi connectivity index (χ2n) is 20.7. The van der Waals surface area contributed by atoms with Crippen molar-refractivity contribution < 1.29 is 111 Å². The maximum Gasteiger partial charge on any atom is 0.378 e. The molecule has 2 amide bonds. The van der Waals surface area contributed by atoms with Crippen LogP contribution in [0.1, 0.15) is 111 Å². The number of aryl methyl sites for hydroxylation is 1. The lowest BCUT2D eigenvalue weighted by atomic mass is 10.0. The summed E-state index contributed by atoms with van der Waals surface area (Å²) < 4.78 is 19.0. The average molecular weight is 1510 g/mol. The van der Waals surface area contributed by atoms with E-state index in [0.717, 1.165) is 39.1 Å². The second-order valence-corrected chi connectivity index (χ2v) is 22.4. The van der Waals surface area contributed by atoms with Crippen molar-refractivity contribution in [1.29, 1.82) is 0 Å². The number of carbonyl (C=O) groups excluding carboxylic acids is 8. The Morgan fingerprint density at radius 3 is 1.11 bits per heavy atom. The molecule has 8 N–H and O–H groups in total. The molecule has 8 aromatic rings. The highest BCUT2D eigenvalue weighted by Gasteiger charge is 2.38. The minimum absolute atomic E-state index is 0.0752. The molecule has 2 heterocycles. The fraction of sp³-hybridized carbons (Fsp3) is 0.183. The van der Waals surface area contributed by atoms with Gasteiger partial charge in [-0.3, -0.25) is 38.4 Å². The van der Waals surface area contributed by atoms with Gasteiger partial charge in [0.25, 0.3) is 11.8 Å². The Hall–Kier alpha value is -12.0. The fourth-order valence-corrected chi connectivity index (χ4v) is 7.82. The number of imide groups is 1. The molecule has 0 saturated carbocycles. The predicted octanol–water partition coefficient (Wildman–Crippen LogP) is 6.15. The van der Waals surface area contributed by atoms with Gasteiger partial charge < -0.3 is 59.9 Å². The number of aliphatic carboxylic acids is 2. The van der Waals surface area contributed by atoms with E-state index in [9.17, 15) is 47.9 Å². The molecule has 1 aromatic heterocycles. The third-order valence-corrected chi connectivity index (χ3v) is 13.6. The van der Waals surface area contributed by atoms with Crippen LogP contribution >= 0.6 is 22.9 Å². The van der Waals surface area contributed by atoms with E-state index in [-0.39, 0.29) is 22.6 Å². The summed E-state index contributed by atoms with van der Waals surface area (Å²) in [5, 5.41) is 42.3. The lowest BCUT2D eigenvalue weighted by molar-refractivity contribution is -0.168. The Labute approximate surface area is 636 Å². The number of carbonyl (C=O) groups is 10. The van der Waals surface area contributed by atoms with Crippen molar-refractivity contribution in [3.05, 3.63) is 272 Å². The Kier molecular flexibility index (Phi) is 46.0. The van der Waals surface area contributed by atoms with Crippen molar-refractivity contribution in [2.24, 2.45) is 22.0 Å². The molecule has 10 radical (unpaired) electrons. The number of hydroxylamine groups is 2. The predicted molar refractivity (Wildman–Crippen MR) is 398 cm³/mol. The number of aliphatic hydroxyl groups is 2. The molecule has 0 saturated heterocycles. The summed E-state index contributed by atoms with van der Waals surface area (Å²) in [4.78, 5) is 129. The number of hydrogen-bond acceptors (Lipinski definition) is 26. The normalized spacial score (nSPS) is 12.0. The Bertz CT molecular complexity index is 4060. The third-order valence-electron chi connectivity index (χ3n) is 12.7. The molecular formula is C71H70B5ClN8O22S. The van der Waals surface area contributed by atoms with Gasteiger partial charge in [-0.05, 0) is 84.9 Å². The third kappa shape index (κ3) is 34.7. The van der Waals surface area contributed by atoms with Crippen LogP contribution in [0.3, 0.4) is 0 Å². The van der Waals surface area contributed by atoms with Gasteiger partial charge in [-0.25, -0.2) is 30.1 Å². The van der Waals surface area contributed by atoms with Gasteiger partial charge in [0.05, 0.1) is 33.0 Å². The SMILES string of the molecule is C[C@H](O)C(=O)O.NN=C(c1ccccc1)c1ccccc1.O=C(c1ccccc1)c1ccccc1.[B]OC(=O)C(C)Cl.[B]OC(=O)[C@H](C)O.[B]OC(=O)[C@H](C)O/N=C(\C(=O)O)c1csc(C)n1.[B]OC(=O)[C@H](C)ON.[B]OC(=O)[C@H](C)ON1C(=O)c2ccccc2C1=O.[N-]=[N+]=C(c1ccccc1)c1ccccc1. The van der Waals surface area contributed by atoms with Gasteiger partial charge in [0.2, 0.25) is 11.8 Å². The summed E-state index contributed by atoms with van der Waals surface area (Å²) in [7, 11) is 22.6. The van der Waals surface area contributed by atoms with Crippen LogP contribution in [0.15, 0.2) is 222 Å². The van der Waals surface area contributed by atoms with Crippen LogP contribution < -0.4 is 11.7 Å². The number of fused-ring (bicyclic) bond motifs is 1. The monoisotopic (exact) mass is 1510 g/mol. The number of ketones is 1. The minimum atomic E-state index is -1.31. The fourth-order valence-electron chi connectivity index (χ4n) is 7.17. The summed E-state index contributed by atoms with van der Waals surface area (Å²) in [6.45, 7) is 9.75. The van der Waals surface area contributed by atoms with E-state index in [0.29, 0.717) is 15.8 Å². The quantitative estimate of drug-likeness (QED) is 0.00608. The Balaban J connectivity index is 0.000000622. The number of nitrogens with two attached hydrogens (primary N) is 2. The number of aromatic nitrogens is 1. The smallest absolute Gasteiger partial charge is 0.378 e. The molecule has 9 rings (SSSR count). The van der Waals surface area contributed by atoms with Gasteiger partial charge in [0.15, 0.2) is 18.0 Å². The molecule has 0 spiro atoms. The van der Waals surface area contributed by atoms with Crippen molar-refractivity contribution in [2.75, 3.05) is 0 Å². The molecular weight excluding hydrogens is 1440 g/mol. The number of hydrogen-bond donors (Lipinski definition) is 6. The Morgan fingerprint density at radius 1 is 0.519 bits per heavy atom. The van der Waals surface area contributed by atoms with Crippen LogP contribution in [-0.2, 0) is 71.3 Å². The van der Waals surface area contributed by atoms with Crippen LogP contribution in [0.5, 0.6) is 0 Å². The molecule has 7 aromatic carbocycles. The highest BCUT2D eigenvalue weighted by Crippen LogP contribution is 2.24. The van der Waals surface area contributed by atoms with Crippen LogP contribution in [0, 0.1) is 6.92 Å². The first-order valence-corrected chi connectivity index (χ1v) is 32.3. The van der Waals surface area contributed by atoms with E-state index < -0.39 is 95.2 Å². The highest BCUT2D eigenvalue weighted by atomic mass is 35.5. The van der Waals surface area contributed by atoms with Gasteiger partial charge in [0, 0.05) is 27.6 Å². The van der Waals surface area contributed by atoms with Gasteiger partial charge in [-0.15, -0.1) is 28.0 Å². The first-order valence-electron chi connectivity index (χ1n) is 31.0. The van der Waals surface area contributed by atoms with Gasteiger partial charge >= 0.3 is 87.7 Å². The topological polar surface area (TPSA) is 455 Å². The number of aliphatic hydroxyl groups excluding tert-OH is 2. The summed E-state index contributed by atoms with van der Waals surface area (Å²) in [6, 6.07) is 63.9. The molecule has 108 heavy (non-hydrogen) atoms. The van der Waals surface area contributed by atoms with Crippen molar-refractivity contribution in [3.63, 3.8) is 0 Å². The van der Waals surface area contributed by atoms with Gasteiger partial charge in [0.1, 0.15) is 23.3 Å². The largest absolute Gasteiger partial charge is 0.542 e. The second kappa shape index (κ2) is 52.9. The van der Waals surface area contributed by atoms with Crippen LogP contribution in [0.4, 0.5) is 0 Å². The van der Waals surface area contributed by atoms with E-state index in [2.05, 4.69) is 94.3 Å². The number of benzene rings is 7. The number of carboxylic acid groups (broad SMARTS) is 2. The first kappa shape index (κ1) is 94.0. The summed E-state index contributed by atoms with van der Waals surface area (Å²) >= 11 is 6.45. The molecule has 0 aliphatic carbocycles. The molecule has 6 atom stereocenters. The molecule has 37 heteroatoms. The maximum absolute atomic E-state index is 11.9. The number of oxime groups is 1. The zero-order chi connectivity index (χ0) is 81.3. The number of alkyl halides is 1. The number of halogens is 1. The van der Waals surface area contributed by atoms with Gasteiger partial charge in [-0.1, -0.05) is 175 Å². The van der Waals surface area contributed by atoms with E-state index in [1.165, 1.54) is 70.4 Å². The zero-order valence-electron chi connectivity index (χ0n) is 58.8. The van der Waals surface area contributed by atoms with Crippen molar-refractivity contribution >= 4 is 140 Å². The summed E-state index contributed by atoms with van der Waals surface area (Å²) in [6.07, 6.45) is -5.41. The molecule has 30 nitrogen and oxygen atoms in total. The van der Waals surface area contributed by atoms with Gasteiger partial charge in [-0.2, -0.15) is 9.89 Å². The minimum Gasteiger partial charge on any atom is -0.542 e. The number of amides is 2. The van der Waals surface area contributed by atoms with Crippen molar-refractivity contribution in [3.8, 4) is 0 Å². The van der Waals surface area contributed by atoms with E-state index in [1.807, 2.05) is 182 Å². The van der Waals surface area contributed by atoms with Crippen LogP contribution in [0.2, 0.25) is 0 Å². The molecule has 1 aliphatic rings. The van der Waals surface area contributed by atoms with Crippen LogP contribution in [0.25, 0.3) is 5.53 Å². The lowest BCUT2D eigenvalue weighted by Gasteiger charge is -2.17. The van der Waals surface area contributed by atoms with Crippen molar-refractivity contribution in [1.82, 2.24) is 10.0 Å². The number of nitrogens with zero attached hydrogens (tertiary/aromatic N) is 6. The number of carboxylic acids is 2. The summed E-state index contributed by atoms with van der Waals surface area (Å²) in [5.41, 5.74) is 16.0. The van der Waals surface area contributed by atoms with Crippen LogP contribution in [-0.4, -0.2) is 188 Å². The number of rotatable bonds is 19. The first-order chi connectivity index (χ1) is 51.4. The molecule has 0 bridgehead atoms. The number of hydrazone groups is 1.